The van der Waals surface area contributed by atoms with Crippen LogP contribution in [0.25, 0.3) is 0 Å². The Kier molecular flexibility index (Phi) is 57.5. The Balaban J connectivity index is 3.33. The van der Waals surface area contributed by atoms with E-state index < -0.39 is 12.1 Å². The summed E-state index contributed by atoms with van der Waals surface area (Å²) in [5, 5.41) is 23.0. The quantitative estimate of drug-likeness (QED) is 0.0321. The number of carbonyl (C=O) groups excluding carboxylic acids is 2. The molecule has 0 fully saturated rings. The predicted molar refractivity (Wildman–Crippen MR) is 301 cm³/mol. The minimum Gasteiger partial charge on any atom is -0.466 e. The minimum atomic E-state index is -0.840. The average Bonchev–Trinajstić information content (AvgIpc) is 3.35. The van der Waals surface area contributed by atoms with Gasteiger partial charge >= 0.3 is 5.97 Å². The van der Waals surface area contributed by atoms with Crippen molar-refractivity contribution in [1.29, 1.82) is 0 Å². The lowest BCUT2D eigenvalue weighted by Crippen LogP contribution is -2.45. The largest absolute Gasteiger partial charge is 0.466 e. The number of rotatable bonds is 58. The summed E-state index contributed by atoms with van der Waals surface area (Å²) < 4.78 is 5.48. The number of unbranched alkanes of at least 4 members (excludes halogenated alkanes) is 45. The smallest absolute Gasteiger partial charge is 0.305 e. The van der Waals surface area contributed by atoms with Gasteiger partial charge in [0.05, 0.1) is 25.4 Å². The number of amides is 1. The van der Waals surface area contributed by atoms with Gasteiger partial charge in [0.1, 0.15) is 0 Å². The van der Waals surface area contributed by atoms with Crippen molar-refractivity contribution >= 4 is 11.9 Å². The molecule has 6 heteroatoms. The molecule has 0 spiro atoms. The van der Waals surface area contributed by atoms with E-state index in [1.54, 1.807) is 6.08 Å². The Bertz CT molecular complexity index is 1080. The maximum Gasteiger partial charge on any atom is 0.305 e. The summed E-state index contributed by atoms with van der Waals surface area (Å²) in [4.78, 5) is 24.4. The van der Waals surface area contributed by atoms with Crippen LogP contribution in [0.3, 0.4) is 0 Å². The Hall–Kier alpha value is -1.66. The first-order valence-corrected chi connectivity index (χ1v) is 31.1. The molecule has 0 aliphatic rings. The van der Waals surface area contributed by atoms with Gasteiger partial charge in [-0.3, -0.25) is 9.59 Å². The van der Waals surface area contributed by atoms with Crippen molar-refractivity contribution < 1.29 is 24.5 Å². The van der Waals surface area contributed by atoms with Crippen molar-refractivity contribution in [3.8, 4) is 0 Å². The van der Waals surface area contributed by atoms with Gasteiger partial charge in [0.15, 0.2) is 0 Å². The van der Waals surface area contributed by atoms with Gasteiger partial charge in [0, 0.05) is 12.8 Å². The Morgan fingerprint density at radius 2 is 0.681 bits per heavy atom. The third-order valence-corrected chi connectivity index (χ3v) is 14.5. The molecular formula is C63H121NO5. The summed E-state index contributed by atoms with van der Waals surface area (Å²) in [6, 6.07) is -0.623. The third kappa shape index (κ3) is 55.5. The molecule has 1 amide bonds. The summed E-state index contributed by atoms with van der Waals surface area (Å²) in [5.74, 6) is -0.0559. The highest BCUT2D eigenvalue weighted by Crippen LogP contribution is 2.18. The number of hydrogen-bond acceptors (Lipinski definition) is 5. The van der Waals surface area contributed by atoms with Crippen molar-refractivity contribution in [1.82, 2.24) is 5.32 Å². The number of carbonyl (C=O) groups is 2. The zero-order valence-electron chi connectivity index (χ0n) is 46.6. The lowest BCUT2D eigenvalue weighted by atomic mass is 10.0. The second-order valence-corrected chi connectivity index (χ2v) is 21.4. The number of aliphatic hydroxyl groups is 2. The van der Waals surface area contributed by atoms with E-state index in [1.165, 1.54) is 270 Å². The van der Waals surface area contributed by atoms with Crippen molar-refractivity contribution in [2.75, 3.05) is 13.2 Å². The molecule has 0 saturated carbocycles. The van der Waals surface area contributed by atoms with Gasteiger partial charge in [-0.15, -0.1) is 0 Å². The van der Waals surface area contributed by atoms with Crippen LogP contribution in [0, 0.1) is 0 Å². The SMILES string of the molecule is CCCCCC/C=C\CCCCCCCC(=O)OCCCCCCCCCCCCCCCCCCCCCCCCCCCCCCC(=O)NC(CO)C(O)/C=C/CCCCCCCCCCC. The second kappa shape index (κ2) is 58.9. The second-order valence-electron chi connectivity index (χ2n) is 21.4. The topological polar surface area (TPSA) is 95.9 Å². The lowest BCUT2D eigenvalue weighted by molar-refractivity contribution is -0.143. The highest BCUT2D eigenvalue weighted by atomic mass is 16.5. The summed E-state index contributed by atoms with van der Waals surface area (Å²) in [6.07, 6.45) is 72.3. The maximum atomic E-state index is 12.4. The first-order chi connectivity index (χ1) is 34.0. The molecule has 0 aliphatic carbocycles. The van der Waals surface area contributed by atoms with Gasteiger partial charge in [-0.25, -0.2) is 0 Å². The zero-order valence-corrected chi connectivity index (χ0v) is 46.6. The van der Waals surface area contributed by atoms with Crippen LogP contribution in [0.15, 0.2) is 24.3 Å². The number of aliphatic hydroxyl groups excluding tert-OH is 2. The van der Waals surface area contributed by atoms with Crippen LogP contribution in [0.5, 0.6) is 0 Å². The molecule has 69 heavy (non-hydrogen) atoms. The Morgan fingerprint density at radius 3 is 1.04 bits per heavy atom. The lowest BCUT2D eigenvalue weighted by Gasteiger charge is -2.20. The molecule has 6 nitrogen and oxygen atoms in total. The fourth-order valence-electron chi connectivity index (χ4n) is 9.69. The molecule has 3 N–H and O–H groups in total. The molecule has 0 radical (unpaired) electrons. The first kappa shape index (κ1) is 67.3. The third-order valence-electron chi connectivity index (χ3n) is 14.5. The van der Waals surface area contributed by atoms with Crippen LogP contribution in [0.2, 0.25) is 0 Å². The van der Waals surface area contributed by atoms with Crippen molar-refractivity contribution in [3.05, 3.63) is 24.3 Å². The first-order valence-electron chi connectivity index (χ1n) is 31.1. The van der Waals surface area contributed by atoms with E-state index in [9.17, 15) is 19.8 Å². The highest BCUT2D eigenvalue weighted by molar-refractivity contribution is 5.76. The van der Waals surface area contributed by atoms with E-state index in [0.717, 1.165) is 44.9 Å². The van der Waals surface area contributed by atoms with E-state index in [-0.39, 0.29) is 18.5 Å². The minimum absolute atomic E-state index is 0.00923. The van der Waals surface area contributed by atoms with E-state index in [2.05, 4.69) is 31.3 Å². The van der Waals surface area contributed by atoms with Gasteiger partial charge < -0.3 is 20.3 Å². The normalized spacial score (nSPS) is 12.7. The summed E-state index contributed by atoms with van der Waals surface area (Å²) in [5.41, 5.74) is 0. The van der Waals surface area contributed by atoms with E-state index in [0.29, 0.717) is 19.4 Å². The molecule has 0 aromatic carbocycles. The molecule has 0 heterocycles. The highest BCUT2D eigenvalue weighted by Gasteiger charge is 2.18. The van der Waals surface area contributed by atoms with Crippen LogP contribution in [-0.2, 0) is 14.3 Å². The van der Waals surface area contributed by atoms with Crippen molar-refractivity contribution in [2.45, 2.75) is 353 Å². The maximum absolute atomic E-state index is 12.4. The molecular weight excluding hydrogens is 851 g/mol. The van der Waals surface area contributed by atoms with E-state index >= 15 is 0 Å². The van der Waals surface area contributed by atoms with Crippen molar-refractivity contribution in [2.24, 2.45) is 0 Å². The molecule has 2 unspecified atom stereocenters. The Labute approximate surface area is 431 Å². The molecule has 0 aliphatic heterocycles. The Morgan fingerprint density at radius 1 is 0.391 bits per heavy atom. The van der Waals surface area contributed by atoms with Crippen LogP contribution >= 0.6 is 0 Å². The number of nitrogens with one attached hydrogen (secondary N) is 1. The number of allylic oxidation sites excluding steroid dienone is 3. The van der Waals surface area contributed by atoms with Crippen LogP contribution in [-0.4, -0.2) is 47.4 Å². The summed E-state index contributed by atoms with van der Waals surface area (Å²) in [6.45, 7) is 4.89. The van der Waals surface area contributed by atoms with Gasteiger partial charge in [0.25, 0.3) is 0 Å². The fourth-order valence-corrected chi connectivity index (χ4v) is 9.69. The molecule has 408 valence electrons. The van der Waals surface area contributed by atoms with Crippen LogP contribution < -0.4 is 5.32 Å². The molecule has 0 rings (SSSR count). The summed E-state index contributed by atoms with van der Waals surface area (Å²) in [7, 11) is 0. The molecule has 0 aromatic rings. The standard InChI is InChI=1S/C63H121NO5/c1-3-5-7-9-11-13-15-32-37-41-45-49-53-57-63(68)69-58-54-50-46-42-38-34-31-29-27-25-23-21-19-17-16-18-20-22-24-26-28-30-33-36-40-44-48-52-56-62(67)64-60(59-65)61(66)55-51-47-43-39-35-14-12-10-8-6-4-2/h13,15,51,55,60-61,65-66H,3-12,14,16-50,52-54,56-59H2,1-2H3,(H,64,67)/b15-13-,55-51+. The van der Waals surface area contributed by atoms with Gasteiger partial charge in [-0.1, -0.05) is 295 Å². The zero-order chi connectivity index (χ0) is 50.0. The fraction of sp³-hybridized carbons (Fsp3) is 0.905. The molecule has 2 atom stereocenters. The number of esters is 1. The van der Waals surface area contributed by atoms with Gasteiger partial charge in [-0.2, -0.15) is 0 Å². The monoisotopic (exact) mass is 972 g/mol. The van der Waals surface area contributed by atoms with E-state index in [1.807, 2.05) is 6.08 Å². The average molecular weight is 973 g/mol. The molecule has 0 bridgehead atoms. The van der Waals surface area contributed by atoms with Crippen LogP contribution in [0.1, 0.15) is 341 Å². The van der Waals surface area contributed by atoms with Crippen molar-refractivity contribution in [3.63, 3.8) is 0 Å². The molecule has 0 saturated heterocycles. The summed E-state index contributed by atoms with van der Waals surface area (Å²) >= 11 is 0. The number of hydrogen-bond donors (Lipinski definition) is 3. The van der Waals surface area contributed by atoms with E-state index in [4.69, 9.17) is 4.74 Å². The number of ether oxygens (including phenoxy) is 1. The molecule has 0 aromatic heterocycles. The predicted octanol–water partition coefficient (Wildman–Crippen LogP) is 19.4. The van der Waals surface area contributed by atoms with Gasteiger partial charge in [-0.05, 0) is 57.8 Å². The van der Waals surface area contributed by atoms with Gasteiger partial charge in [0.2, 0.25) is 5.91 Å². The van der Waals surface area contributed by atoms with Crippen LogP contribution in [0.4, 0.5) is 0 Å².